The highest BCUT2D eigenvalue weighted by Gasteiger charge is 2.38. The van der Waals surface area contributed by atoms with E-state index in [1.165, 1.54) is 36.2 Å². The second-order valence-electron chi connectivity index (χ2n) is 9.64. The molecule has 1 fully saturated rings. The second kappa shape index (κ2) is 9.09. The van der Waals surface area contributed by atoms with Crippen molar-refractivity contribution in [2.75, 3.05) is 33.3 Å². The van der Waals surface area contributed by atoms with Gasteiger partial charge in [0.15, 0.2) is 6.34 Å². The molecule has 0 aromatic heterocycles. The molecule has 2 aromatic carbocycles. The molecule has 2 N–H and O–H groups in total. The van der Waals surface area contributed by atoms with Crippen LogP contribution < -0.4 is 9.88 Å². The van der Waals surface area contributed by atoms with E-state index in [4.69, 9.17) is 21.5 Å². The second-order valence-corrected chi connectivity index (χ2v) is 11.6. The van der Waals surface area contributed by atoms with Gasteiger partial charge in [-0.1, -0.05) is 29.8 Å². The molecule has 0 bridgehead atoms. The largest absolute Gasteiger partial charge is 0.488 e. The molecule has 0 saturated carbocycles. The van der Waals surface area contributed by atoms with Gasteiger partial charge < -0.3 is 4.74 Å². The minimum atomic E-state index is -3.81. The number of aliphatic imine (C=N–C) groups is 1. The number of primary sulfonamides is 1. The molecular formula is C25H30ClN4O3S+. The Kier molecular flexibility index (Phi) is 6.29. The van der Waals surface area contributed by atoms with Crippen molar-refractivity contribution in [2.45, 2.75) is 31.2 Å². The highest BCUT2D eigenvalue weighted by Crippen LogP contribution is 2.41. The van der Waals surface area contributed by atoms with Gasteiger partial charge in [-0.05, 0) is 73.3 Å². The Morgan fingerprint density at radius 1 is 1.24 bits per heavy atom. The molecule has 2 aromatic rings. The van der Waals surface area contributed by atoms with Crippen LogP contribution in [0.3, 0.4) is 0 Å². The average molecular weight is 502 g/mol. The Morgan fingerprint density at radius 2 is 2.06 bits per heavy atom. The number of likely N-dealkylation sites (N-methyl/N-ethyl adjacent to an activating group) is 1. The van der Waals surface area contributed by atoms with Gasteiger partial charge in [0.25, 0.3) is 10.0 Å². The Bertz CT molecular complexity index is 1260. The van der Waals surface area contributed by atoms with Crippen LogP contribution in [0.1, 0.15) is 29.0 Å². The van der Waals surface area contributed by atoms with Crippen LogP contribution in [0.5, 0.6) is 5.75 Å². The Balaban J connectivity index is 1.30. The lowest BCUT2D eigenvalue weighted by atomic mass is 9.89. The summed E-state index contributed by atoms with van der Waals surface area (Å²) in [4.78, 5) is 6.55. The van der Waals surface area contributed by atoms with Crippen LogP contribution in [0.15, 0.2) is 58.7 Å². The minimum Gasteiger partial charge on any atom is -0.488 e. The van der Waals surface area contributed by atoms with Crippen LogP contribution in [-0.4, -0.2) is 63.5 Å². The van der Waals surface area contributed by atoms with E-state index in [2.05, 4.69) is 34.2 Å². The molecule has 5 rings (SSSR count). The number of hydrogen-bond acceptors (Lipinski definition) is 5. The number of halogens is 1. The van der Waals surface area contributed by atoms with Gasteiger partial charge in [-0.3, -0.25) is 9.38 Å². The van der Waals surface area contributed by atoms with Crippen LogP contribution in [0.25, 0.3) is 0 Å². The van der Waals surface area contributed by atoms with Gasteiger partial charge in [0.2, 0.25) is 5.03 Å². The summed E-state index contributed by atoms with van der Waals surface area (Å²) in [5.41, 5.74) is 4.00. The third-order valence-electron chi connectivity index (χ3n) is 7.10. The molecule has 9 heteroatoms. The van der Waals surface area contributed by atoms with Gasteiger partial charge in [0.05, 0.1) is 7.05 Å². The number of benzene rings is 2. The summed E-state index contributed by atoms with van der Waals surface area (Å²) < 4.78 is 29.4. The van der Waals surface area contributed by atoms with Gasteiger partial charge in [-0.2, -0.15) is 4.99 Å². The Labute approximate surface area is 206 Å². The van der Waals surface area contributed by atoms with Crippen molar-refractivity contribution in [3.8, 4) is 5.75 Å². The first kappa shape index (κ1) is 23.5. The number of fused-ring (bicyclic) bond motifs is 1. The summed E-state index contributed by atoms with van der Waals surface area (Å²) in [6.07, 6.45) is 6.40. The quantitative estimate of drug-likeness (QED) is 0.563. The number of rotatable bonds is 8. The van der Waals surface area contributed by atoms with E-state index in [1.54, 1.807) is 12.5 Å². The molecular weight excluding hydrogens is 472 g/mol. The lowest BCUT2D eigenvalue weighted by Gasteiger charge is -2.39. The molecule has 2 aliphatic heterocycles. The third-order valence-corrected chi connectivity index (χ3v) is 8.13. The van der Waals surface area contributed by atoms with E-state index in [9.17, 15) is 8.42 Å². The van der Waals surface area contributed by atoms with E-state index in [-0.39, 0.29) is 9.51 Å². The summed E-state index contributed by atoms with van der Waals surface area (Å²) in [5.74, 6) is 1.23. The first-order valence-electron chi connectivity index (χ1n) is 11.6. The van der Waals surface area contributed by atoms with Crippen molar-refractivity contribution < 1.29 is 17.6 Å². The maximum atomic E-state index is 11.5. The smallest absolute Gasteiger partial charge is 0.261 e. The average Bonchev–Trinajstić information content (AvgIpc) is 3.29. The zero-order chi connectivity index (χ0) is 23.9. The van der Waals surface area contributed by atoms with E-state index in [1.807, 2.05) is 25.2 Å². The highest BCUT2D eigenvalue weighted by molar-refractivity contribution is 7.93. The molecule has 0 radical (unpaired) electrons. The number of sulfonamides is 1. The molecule has 0 spiro atoms. The van der Waals surface area contributed by atoms with Crippen molar-refractivity contribution in [1.29, 1.82) is 0 Å². The molecule has 34 heavy (non-hydrogen) atoms. The van der Waals surface area contributed by atoms with Crippen molar-refractivity contribution in [3.63, 3.8) is 0 Å². The van der Waals surface area contributed by atoms with Crippen LogP contribution in [-0.2, 0) is 22.9 Å². The number of likely N-dealkylation sites (tertiary alicyclic amines) is 1. The number of hydrogen-bond donors (Lipinski definition) is 1. The van der Waals surface area contributed by atoms with Crippen LogP contribution in [0.2, 0.25) is 5.02 Å². The summed E-state index contributed by atoms with van der Waals surface area (Å²) in [6.45, 7) is 3.30. The topological polar surface area (TPSA) is 85.0 Å². The number of ether oxygens (including phenoxy) is 1. The van der Waals surface area contributed by atoms with Crippen molar-refractivity contribution in [1.82, 2.24) is 4.90 Å². The lowest BCUT2D eigenvalue weighted by Crippen LogP contribution is -2.47. The number of quaternary nitrogens is 1. The van der Waals surface area contributed by atoms with Gasteiger partial charge in [-0.25, -0.2) is 13.6 Å². The van der Waals surface area contributed by atoms with Crippen LogP contribution in [0.4, 0.5) is 0 Å². The van der Waals surface area contributed by atoms with Gasteiger partial charge in [-0.15, -0.1) is 0 Å². The molecule has 1 saturated heterocycles. The fraction of sp³-hybridized carbons (Fsp3) is 0.400. The monoisotopic (exact) mass is 501 g/mol. The number of nitrogens with two attached hydrogens (primary N) is 1. The predicted octanol–water partition coefficient (Wildman–Crippen LogP) is 3.25. The molecule has 2 heterocycles. The van der Waals surface area contributed by atoms with E-state index >= 15 is 0 Å². The first-order chi connectivity index (χ1) is 16.2. The van der Waals surface area contributed by atoms with Crippen molar-refractivity contribution in [3.05, 3.63) is 75.4 Å². The first-order valence-corrected chi connectivity index (χ1v) is 13.5. The van der Waals surface area contributed by atoms with Crippen LogP contribution >= 0.6 is 11.6 Å². The fourth-order valence-corrected chi connectivity index (χ4v) is 5.92. The van der Waals surface area contributed by atoms with Crippen LogP contribution in [0, 0.1) is 0 Å². The molecule has 1 aliphatic carbocycles. The summed E-state index contributed by atoms with van der Waals surface area (Å²) in [6, 6.07) is 15.1. The van der Waals surface area contributed by atoms with Crippen molar-refractivity contribution >= 4 is 28.0 Å². The lowest BCUT2D eigenvalue weighted by molar-refractivity contribution is -0.756. The van der Waals surface area contributed by atoms with Gasteiger partial charge in [0.1, 0.15) is 25.1 Å². The normalized spacial score (nSPS) is 26.3. The summed E-state index contributed by atoms with van der Waals surface area (Å²) in [5, 5.41) is 5.86. The third kappa shape index (κ3) is 4.92. The molecule has 180 valence electrons. The molecule has 3 aliphatic rings. The minimum absolute atomic E-state index is 0.103. The summed E-state index contributed by atoms with van der Waals surface area (Å²) in [7, 11) is -1.94. The molecule has 0 amide bonds. The van der Waals surface area contributed by atoms with E-state index in [0.717, 1.165) is 23.6 Å². The number of nitrogens with zero attached hydrogens (tertiary/aromatic N) is 3. The van der Waals surface area contributed by atoms with Crippen molar-refractivity contribution in [2.24, 2.45) is 10.1 Å². The maximum Gasteiger partial charge on any atom is 0.261 e. The Hall–Kier alpha value is -2.23. The Morgan fingerprint density at radius 3 is 2.74 bits per heavy atom. The zero-order valence-electron chi connectivity index (χ0n) is 19.2. The predicted molar refractivity (Wildman–Crippen MR) is 134 cm³/mol. The molecule has 7 nitrogen and oxygen atoms in total. The van der Waals surface area contributed by atoms with E-state index < -0.39 is 10.0 Å². The SMILES string of the molecule is C[N+]1(CCOc2ccc3c(c2)C(Cc2cccc(Cl)c2)C(N2CCC2)C3)C=NC(S(N)(=O)=O)=C1. The van der Waals surface area contributed by atoms with E-state index in [0.29, 0.717) is 25.1 Å². The summed E-state index contributed by atoms with van der Waals surface area (Å²) >= 11 is 6.26. The fourth-order valence-electron chi connectivity index (χ4n) is 5.13. The van der Waals surface area contributed by atoms with Gasteiger partial charge >= 0.3 is 0 Å². The zero-order valence-corrected chi connectivity index (χ0v) is 20.8. The highest BCUT2D eigenvalue weighted by atomic mass is 35.5. The van der Waals surface area contributed by atoms with Gasteiger partial charge in [0, 0.05) is 17.0 Å². The maximum absolute atomic E-state index is 11.5. The molecule has 3 unspecified atom stereocenters. The molecule has 3 atom stereocenters. The standard InChI is InChI=1S/C25H30ClN4O3S/c1-30(16-25(28-17-30)34(27,31)32)10-11-33-21-7-6-19-14-24(29-8-3-9-29)23(22(19)15-21)13-18-4-2-5-20(26)12-18/h2,4-7,12,15-17,23-24H,3,8-11,13-14H2,1H3,(H2,27,31,32)/q+1.